The molecular formula is C29H30N4. The number of hydrogen-bond donors (Lipinski definition) is 1. The molecule has 1 aliphatic rings. The van der Waals surface area contributed by atoms with E-state index in [9.17, 15) is 5.26 Å². The summed E-state index contributed by atoms with van der Waals surface area (Å²) in [6, 6.07) is 21.1. The predicted molar refractivity (Wildman–Crippen MR) is 135 cm³/mol. The smallest absolute Gasteiger partial charge is 0.0991 e. The molecule has 1 saturated heterocycles. The van der Waals surface area contributed by atoms with Crippen LogP contribution in [0.15, 0.2) is 67.0 Å². The van der Waals surface area contributed by atoms with Crippen LogP contribution in [0.2, 0.25) is 0 Å². The standard InChI is InChI=1S/C29H30N4/c1-20(2)23-7-9-25(10-8-23)29-28(24-5-3-21(17-30)4-6-24)26-13-16-33(27(26)18-32-29)19-22-11-14-31-15-12-22/h3-10,13,16,18,20,22,31H,11-12,14-15,19H2,1-2H3. The van der Waals surface area contributed by atoms with Crippen LogP contribution in [0.3, 0.4) is 0 Å². The van der Waals surface area contributed by atoms with Crippen LogP contribution in [0.25, 0.3) is 33.3 Å². The molecule has 0 saturated carbocycles. The van der Waals surface area contributed by atoms with E-state index in [1.54, 1.807) is 0 Å². The van der Waals surface area contributed by atoms with Crippen LogP contribution in [-0.4, -0.2) is 22.6 Å². The van der Waals surface area contributed by atoms with Gasteiger partial charge in [-0.25, -0.2) is 0 Å². The molecule has 4 heteroatoms. The Kier molecular flexibility index (Phi) is 5.98. The largest absolute Gasteiger partial charge is 0.346 e. The van der Waals surface area contributed by atoms with E-state index in [1.165, 1.54) is 29.3 Å². The van der Waals surface area contributed by atoms with Gasteiger partial charge in [-0.05, 0) is 67.1 Å². The molecular weight excluding hydrogens is 404 g/mol. The lowest BCUT2D eigenvalue weighted by atomic mass is 9.94. The number of rotatable bonds is 5. The van der Waals surface area contributed by atoms with Gasteiger partial charge in [0.05, 0.1) is 29.0 Å². The number of nitrogens with one attached hydrogen (secondary N) is 1. The Hall–Kier alpha value is -3.42. The highest BCUT2D eigenvalue weighted by Gasteiger charge is 2.19. The number of piperidine rings is 1. The van der Waals surface area contributed by atoms with Crippen LogP contribution in [0.1, 0.15) is 43.7 Å². The molecule has 33 heavy (non-hydrogen) atoms. The second kappa shape index (κ2) is 9.21. The molecule has 0 unspecified atom stereocenters. The van der Waals surface area contributed by atoms with Gasteiger partial charge >= 0.3 is 0 Å². The summed E-state index contributed by atoms with van der Waals surface area (Å²) in [6.45, 7) is 7.67. The van der Waals surface area contributed by atoms with Crippen molar-refractivity contribution in [3.05, 3.63) is 78.1 Å². The van der Waals surface area contributed by atoms with Gasteiger partial charge in [-0.3, -0.25) is 4.98 Å². The van der Waals surface area contributed by atoms with Gasteiger partial charge in [0.2, 0.25) is 0 Å². The van der Waals surface area contributed by atoms with E-state index in [1.807, 2.05) is 30.5 Å². The average Bonchev–Trinajstić information content (AvgIpc) is 3.27. The van der Waals surface area contributed by atoms with Gasteiger partial charge in [0, 0.05) is 29.3 Å². The van der Waals surface area contributed by atoms with E-state index in [2.05, 4.69) is 66.3 Å². The third-order valence-corrected chi connectivity index (χ3v) is 6.90. The molecule has 1 N–H and O–H groups in total. The number of nitriles is 1. The van der Waals surface area contributed by atoms with Gasteiger partial charge in [0.1, 0.15) is 0 Å². The maximum atomic E-state index is 9.26. The maximum absolute atomic E-state index is 9.26. The summed E-state index contributed by atoms with van der Waals surface area (Å²) in [5.74, 6) is 1.19. The van der Waals surface area contributed by atoms with E-state index in [-0.39, 0.29) is 0 Å². The van der Waals surface area contributed by atoms with Gasteiger partial charge in [0.25, 0.3) is 0 Å². The molecule has 2 aromatic heterocycles. The van der Waals surface area contributed by atoms with Crippen LogP contribution in [0.4, 0.5) is 0 Å². The first-order chi connectivity index (χ1) is 16.1. The Morgan fingerprint density at radius 1 is 1.00 bits per heavy atom. The Morgan fingerprint density at radius 2 is 1.70 bits per heavy atom. The third-order valence-electron chi connectivity index (χ3n) is 6.90. The molecule has 0 radical (unpaired) electrons. The van der Waals surface area contributed by atoms with Crippen molar-refractivity contribution in [3.8, 4) is 28.5 Å². The average molecular weight is 435 g/mol. The zero-order chi connectivity index (χ0) is 22.8. The maximum Gasteiger partial charge on any atom is 0.0991 e. The molecule has 0 amide bonds. The fourth-order valence-electron chi connectivity index (χ4n) is 4.91. The lowest BCUT2D eigenvalue weighted by molar-refractivity contribution is 0.337. The lowest BCUT2D eigenvalue weighted by Gasteiger charge is -2.23. The fourth-order valence-corrected chi connectivity index (χ4v) is 4.91. The second-order valence-corrected chi connectivity index (χ2v) is 9.41. The van der Waals surface area contributed by atoms with Crippen LogP contribution < -0.4 is 5.32 Å². The summed E-state index contributed by atoms with van der Waals surface area (Å²) in [6.07, 6.45) is 6.69. The van der Waals surface area contributed by atoms with E-state index in [0.717, 1.165) is 42.0 Å². The monoisotopic (exact) mass is 434 g/mol. The van der Waals surface area contributed by atoms with E-state index in [0.29, 0.717) is 17.4 Å². The molecule has 166 valence electrons. The minimum atomic E-state index is 0.497. The van der Waals surface area contributed by atoms with Crippen molar-refractivity contribution in [2.24, 2.45) is 5.92 Å². The highest BCUT2D eigenvalue weighted by Crippen LogP contribution is 2.38. The summed E-state index contributed by atoms with van der Waals surface area (Å²) in [5.41, 5.74) is 7.51. The summed E-state index contributed by atoms with van der Waals surface area (Å²) in [7, 11) is 0. The molecule has 3 heterocycles. The molecule has 5 rings (SSSR count). The van der Waals surface area contributed by atoms with Crippen molar-refractivity contribution in [1.82, 2.24) is 14.9 Å². The van der Waals surface area contributed by atoms with Crippen LogP contribution in [0, 0.1) is 17.2 Å². The van der Waals surface area contributed by atoms with Gasteiger partial charge in [0.15, 0.2) is 0 Å². The Morgan fingerprint density at radius 3 is 2.36 bits per heavy atom. The molecule has 0 atom stereocenters. The topological polar surface area (TPSA) is 53.6 Å². The van der Waals surface area contributed by atoms with Gasteiger partial charge < -0.3 is 9.88 Å². The normalized spacial score (nSPS) is 14.6. The van der Waals surface area contributed by atoms with Crippen LogP contribution in [0.5, 0.6) is 0 Å². The predicted octanol–water partition coefficient (Wildman–Crippen LogP) is 6.36. The second-order valence-electron chi connectivity index (χ2n) is 9.41. The number of pyridine rings is 1. The molecule has 2 aromatic carbocycles. The number of benzene rings is 2. The van der Waals surface area contributed by atoms with Gasteiger partial charge in [-0.2, -0.15) is 5.26 Å². The first kappa shape index (κ1) is 21.4. The first-order valence-corrected chi connectivity index (χ1v) is 11.9. The molecule has 0 bridgehead atoms. The zero-order valence-electron chi connectivity index (χ0n) is 19.4. The third kappa shape index (κ3) is 4.29. The Bertz CT molecular complexity index is 1280. The van der Waals surface area contributed by atoms with E-state index >= 15 is 0 Å². The lowest BCUT2D eigenvalue weighted by Crippen LogP contribution is -2.29. The van der Waals surface area contributed by atoms with Gasteiger partial charge in [-0.15, -0.1) is 0 Å². The van der Waals surface area contributed by atoms with Crippen molar-refractivity contribution < 1.29 is 0 Å². The molecule has 1 fully saturated rings. The summed E-state index contributed by atoms with van der Waals surface area (Å²) >= 11 is 0. The van der Waals surface area contributed by atoms with Crippen molar-refractivity contribution in [1.29, 1.82) is 5.26 Å². The van der Waals surface area contributed by atoms with Crippen molar-refractivity contribution in [2.45, 2.75) is 39.2 Å². The highest BCUT2D eigenvalue weighted by molar-refractivity contribution is 6.01. The molecule has 0 aliphatic carbocycles. The minimum Gasteiger partial charge on any atom is -0.346 e. The number of nitrogens with zero attached hydrogens (tertiary/aromatic N) is 3. The van der Waals surface area contributed by atoms with Crippen LogP contribution in [-0.2, 0) is 6.54 Å². The summed E-state index contributed by atoms with van der Waals surface area (Å²) < 4.78 is 2.37. The summed E-state index contributed by atoms with van der Waals surface area (Å²) in [5, 5.41) is 13.9. The molecule has 4 nitrogen and oxygen atoms in total. The zero-order valence-corrected chi connectivity index (χ0v) is 19.4. The van der Waals surface area contributed by atoms with Crippen molar-refractivity contribution in [3.63, 3.8) is 0 Å². The van der Waals surface area contributed by atoms with Gasteiger partial charge in [-0.1, -0.05) is 50.2 Å². The van der Waals surface area contributed by atoms with Crippen LogP contribution >= 0.6 is 0 Å². The first-order valence-electron chi connectivity index (χ1n) is 11.9. The fraction of sp³-hybridized carbons (Fsp3) is 0.310. The van der Waals surface area contributed by atoms with E-state index < -0.39 is 0 Å². The quantitative estimate of drug-likeness (QED) is 0.397. The minimum absolute atomic E-state index is 0.497. The molecule has 4 aromatic rings. The SMILES string of the molecule is CC(C)c1ccc(-c2ncc3c(ccn3CC3CCNCC3)c2-c2ccc(C#N)cc2)cc1. The Labute approximate surface area is 195 Å². The van der Waals surface area contributed by atoms with E-state index in [4.69, 9.17) is 4.98 Å². The number of aromatic nitrogens is 2. The number of fused-ring (bicyclic) bond motifs is 1. The highest BCUT2D eigenvalue weighted by atomic mass is 15.0. The summed E-state index contributed by atoms with van der Waals surface area (Å²) in [4.78, 5) is 5.00. The van der Waals surface area contributed by atoms with Crippen molar-refractivity contribution >= 4 is 10.9 Å². The molecule has 1 aliphatic heterocycles. The molecule has 0 spiro atoms. The van der Waals surface area contributed by atoms with Crippen molar-refractivity contribution in [2.75, 3.05) is 13.1 Å². The number of hydrogen-bond acceptors (Lipinski definition) is 3. The Balaban J connectivity index is 1.63.